The third-order valence-corrected chi connectivity index (χ3v) is 3.12. The molecule has 0 spiro atoms. The third-order valence-electron chi connectivity index (χ3n) is 3.12. The molecule has 5 nitrogen and oxygen atoms in total. The van der Waals surface area contributed by atoms with E-state index >= 15 is 0 Å². The summed E-state index contributed by atoms with van der Waals surface area (Å²) in [7, 11) is 0. The molecule has 1 heterocycles. The van der Waals surface area contributed by atoms with Gasteiger partial charge in [-0.1, -0.05) is 13.8 Å². The van der Waals surface area contributed by atoms with Crippen LogP contribution in [-0.2, 0) is 14.3 Å². The summed E-state index contributed by atoms with van der Waals surface area (Å²) in [4.78, 5) is 25.0. The fourth-order valence-corrected chi connectivity index (χ4v) is 2.13. The smallest absolute Gasteiger partial charge is 0.432 e. The summed E-state index contributed by atoms with van der Waals surface area (Å²) in [5.41, 5.74) is 0. The maximum Gasteiger partial charge on any atom is 0.510 e. The third kappa shape index (κ3) is 3.62. The molecular weight excluding hydrogens is 234 g/mol. The normalized spacial score (nSPS) is 21.6. The van der Waals surface area contributed by atoms with Gasteiger partial charge in [0.2, 0.25) is 5.91 Å². The van der Waals surface area contributed by atoms with Crippen LogP contribution in [0, 0.1) is 11.8 Å². The summed E-state index contributed by atoms with van der Waals surface area (Å²) in [6.07, 6.45) is -0.683. The van der Waals surface area contributed by atoms with Crippen LogP contribution in [-0.4, -0.2) is 35.8 Å². The molecule has 0 N–H and O–H groups in total. The highest BCUT2D eigenvalue weighted by Gasteiger charge is 2.37. The SMILES string of the molecule is CC(C)OC(=O)OC(C)N1CC[C@@H](C(C)C)C1=O. The highest BCUT2D eigenvalue weighted by Crippen LogP contribution is 2.27. The van der Waals surface area contributed by atoms with Crippen molar-refractivity contribution in [2.75, 3.05) is 6.54 Å². The molecule has 18 heavy (non-hydrogen) atoms. The minimum absolute atomic E-state index is 0.0390. The monoisotopic (exact) mass is 257 g/mol. The van der Waals surface area contributed by atoms with E-state index in [0.29, 0.717) is 12.5 Å². The lowest BCUT2D eigenvalue weighted by atomic mass is 9.95. The van der Waals surface area contributed by atoms with Crippen LogP contribution in [0.1, 0.15) is 41.0 Å². The lowest BCUT2D eigenvalue weighted by molar-refractivity contribution is -0.141. The molecule has 0 aliphatic carbocycles. The van der Waals surface area contributed by atoms with E-state index < -0.39 is 12.4 Å². The van der Waals surface area contributed by atoms with Crippen molar-refractivity contribution in [1.29, 1.82) is 0 Å². The van der Waals surface area contributed by atoms with E-state index in [9.17, 15) is 9.59 Å². The van der Waals surface area contributed by atoms with Gasteiger partial charge in [-0.25, -0.2) is 4.79 Å². The van der Waals surface area contributed by atoms with Crippen LogP contribution >= 0.6 is 0 Å². The Bertz CT molecular complexity index is 314. The fraction of sp³-hybridized carbons (Fsp3) is 0.846. The molecule has 0 saturated carbocycles. The summed E-state index contributed by atoms with van der Waals surface area (Å²) in [6, 6.07) is 0. The Kier molecular flexibility index (Phi) is 4.99. The van der Waals surface area contributed by atoms with E-state index in [-0.39, 0.29) is 17.9 Å². The lowest BCUT2D eigenvalue weighted by Gasteiger charge is -2.25. The van der Waals surface area contributed by atoms with Crippen molar-refractivity contribution >= 4 is 12.1 Å². The van der Waals surface area contributed by atoms with E-state index in [4.69, 9.17) is 9.47 Å². The highest BCUT2D eigenvalue weighted by molar-refractivity contribution is 5.81. The van der Waals surface area contributed by atoms with Gasteiger partial charge >= 0.3 is 6.16 Å². The molecule has 1 amide bonds. The zero-order valence-corrected chi connectivity index (χ0v) is 11.8. The van der Waals surface area contributed by atoms with Crippen molar-refractivity contribution in [1.82, 2.24) is 4.90 Å². The predicted octanol–water partition coefficient (Wildman–Crippen LogP) is 2.40. The molecule has 1 aliphatic heterocycles. The number of amides is 1. The summed E-state index contributed by atoms with van der Waals surface area (Å²) in [5.74, 6) is 0.421. The number of hydrogen-bond donors (Lipinski definition) is 0. The Morgan fingerprint density at radius 1 is 1.22 bits per heavy atom. The van der Waals surface area contributed by atoms with Gasteiger partial charge in [-0.2, -0.15) is 0 Å². The van der Waals surface area contributed by atoms with E-state index in [1.807, 2.05) is 13.8 Å². The van der Waals surface area contributed by atoms with Crippen molar-refractivity contribution in [2.45, 2.75) is 53.4 Å². The number of carbonyl (C=O) groups is 2. The summed E-state index contributed by atoms with van der Waals surface area (Å²) in [6.45, 7) is 9.90. The summed E-state index contributed by atoms with van der Waals surface area (Å²) < 4.78 is 9.98. The number of nitrogens with zero attached hydrogens (tertiary/aromatic N) is 1. The molecular formula is C13H23NO4. The number of likely N-dealkylation sites (tertiary alicyclic amines) is 1. The van der Waals surface area contributed by atoms with Crippen molar-refractivity contribution in [2.24, 2.45) is 11.8 Å². The van der Waals surface area contributed by atoms with Gasteiger partial charge in [0.15, 0.2) is 6.23 Å². The van der Waals surface area contributed by atoms with Crippen LogP contribution in [0.2, 0.25) is 0 Å². The van der Waals surface area contributed by atoms with Gasteiger partial charge in [0.1, 0.15) is 0 Å². The van der Waals surface area contributed by atoms with Crippen molar-refractivity contribution in [3.05, 3.63) is 0 Å². The van der Waals surface area contributed by atoms with Gasteiger partial charge in [-0.3, -0.25) is 4.79 Å². The minimum atomic E-state index is -0.724. The van der Waals surface area contributed by atoms with Crippen LogP contribution in [0.5, 0.6) is 0 Å². The van der Waals surface area contributed by atoms with E-state index in [1.165, 1.54) is 0 Å². The molecule has 1 unspecified atom stereocenters. The molecule has 1 fully saturated rings. The van der Waals surface area contributed by atoms with Crippen LogP contribution in [0.3, 0.4) is 0 Å². The quantitative estimate of drug-likeness (QED) is 0.726. The molecule has 5 heteroatoms. The van der Waals surface area contributed by atoms with Crippen molar-refractivity contribution < 1.29 is 19.1 Å². The Labute approximate surface area is 108 Å². The van der Waals surface area contributed by atoms with Gasteiger partial charge in [-0.15, -0.1) is 0 Å². The Balaban J connectivity index is 2.51. The Hall–Kier alpha value is -1.26. The van der Waals surface area contributed by atoms with Gasteiger partial charge in [0.25, 0.3) is 0 Å². The van der Waals surface area contributed by atoms with Gasteiger partial charge in [-0.05, 0) is 33.1 Å². The standard InChI is InChI=1S/C13H23NO4/c1-8(2)11-6-7-14(12(11)15)10(5)18-13(16)17-9(3)4/h8-11H,6-7H2,1-5H3/t10?,11-/m0/s1. The zero-order valence-electron chi connectivity index (χ0n) is 11.8. The molecule has 0 aromatic heterocycles. The summed E-state index contributed by atoms with van der Waals surface area (Å²) >= 11 is 0. The first-order valence-corrected chi connectivity index (χ1v) is 6.50. The number of hydrogen-bond acceptors (Lipinski definition) is 4. The number of carbonyl (C=O) groups excluding carboxylic acids is 2. The zero-order chi connectivity index (χ0) is 13.9. The van der Waals surface area contributed by atoms with Crippen LogP contribution in [0.4, 0.5) is 4.79 Å². The molecule has 1 saturated heterocycles. The molecule has 0 radical (unpaired) electrons. The Morgan fingerprint density at radius 2 is 1.83 bits per heavy atom. The first-order chi connectivity index (χ1) is 8.32. The maximum atomic E-state index is 12.1. The molecule has 0 aromatic rings. The average Bonchev–Trinajstić information content (AvgIpc) is 2.58. The number of ether oxygens (including phenoxy) is 2. The maximum absolute atomic E-state index is 12.1. The molecule has 2 atom stereocenters. The second kappa shape index (κ2) is 6.07. The largest absolute Gasteiger partial charge is 0.510 e. The molecule has 0 aromatic carbocycles. The van der Waals surface area contributed by atoms with Crippen LogP contribution < -0.4 is 0 Å². The predicted molar refractivity (Wildman–Crippen MR) is 66.8 cm³/mol. The van der Waals surface area contributed by atoms with Gasteiger partial charge < -0.3 is 14.4 Å². The molecule has 1 aliphatic rings. The molecule has 0 bridgehead atoms. The summed E-state index contributed by atoms with van der Waals surface area (Å²) in [5, 5.41) is 0. The van der Waals surface area contributed by atoms with E-state index in [2.05, 4.69) is 0 Å². The fourth-order valence-electron chi connectivity index (χ4n) is 2.13. The average molecular weight is 257 g/mol. The van der Waals surface area contributed by atoms with Crippen molar-refractivity contribution in [3.8, 4) is 0 Å². The highest BCUT2D eigenvalue weighted by atomic mass is 16.7. The minimum Gasteiger partial charge on any atom is -0.432 e. The second-order valence-corrected chi connectivity index (χ2v) is 5.30. The van der Waals surface area contributed by atoms with Crippen molar-refractivity contribution in [3.63, 3.8) is 0 Å². The van der Waals surface area contributed by atoms with Crippen LogP contribution in [0.25, 0.3) is 0 Å². The van der Waals surface area contributed by atoms with E-state index in [1.54, 1.807) is 25.7 Å². The van der Waals surface area contributed by atoms with Gasteiger partial charge in [0, 0.05) is 12.5 Å². The first kappa shape index (κ1) is 14.8. The Morgan fingerprint density at radius 3 is 2.28 bits per heavy atom. The first-order valence-electron chi connectivity index (χ1n) is 6.50. The molecule has 104 valence electrons. The number of rotatable bonds is 4. The molecule has 1 rings (SSSR count). The second-order valence-electron chi connectivity index (χ2n) is 5.30. The van der Waals surface area contributed by atoms with Crippen LogP contribution in [0.15, 0.2) is 0 Å². The van der Waals surface area contributed by atoms with Gasteiger partial charge in [0.05, 0.1) is 6.10 Å². The lowest BCUT2D eigenvalue weighted by Crippen LogP contribution is -2.39. The van der Waals surface area contributed by atoms with E-state index in [0.717, 1.165) is 6.42 Å². The topological polar surface area (TPSA) is 55.8 Å².